The molecular weight excluding hydrogens is 260 g/mol. The van der Waals surface area contributed by atoms with Crippen molar-refractivity contribution in [2.75, 3.05) is 33.2 Å². The van der Waals surface area contributed by atoms with Gasteiger partial charge in [-0.3, -0.25) is 9.97 Å². The summed E-state index contributed by atoms with van der Waals surface area (Å²) in [6.07, 6.45) is 5.71. The van der Waals surface area contributed by atoms with Crippen LogP contribution in [-0.4, -0.2) is 48.1 Å². The zero-order valence-corrected chi connectivity index (χ0v) is 12.7. The number of nitrogens with zero attached hydrogens (tertiary/aromatic N) is 3. The minimum Gasteiger partial charge on any atom is -0.318 e. The molecule has 2 aromatic heterocycles. The molecule has 0 amide bonds. The minimum atomic E-state index is 0.993. The average molecular weight is 284 g/mol. The van der Waals surface area contributed by atoms with Crippen LogP contribution in [0.25, 0.3) is 0 Å². The second-order valence-corrected chi connectivity index (χ2v) is 5.09. The SMILES string of the molecule is CNCCN(CCc1ccccn1)CCc1ccccn1. The van der Waals surface area contributed by atoms with Crippen molar-refractivity contribution in [1.82, 2.24) is 20.2 Å². The van der Waals surface area contributed by atoms with E-state index in [1.165, 1.54) is 0 Å². The maximum absolute atomic E-state index is 4.39. The Morgan fingerprint density at radius 3 is 1.86 bits per heavy atom. The molecule has 0 radical (unpaired) electrons. The second kappa shape index (κ2) is 9.21. The number of pyridine rings is 2. The molecule has 0 saturated heterocycles. The van der Waals surface area contributed by atoms with Crippen molar-refractivity contribution >= 4 is 0 Å². The van der Waals surface area contributed by atoms with Crippen LogP contribution in [0.3, 0.4) is 0 Å². The quantitative estimate of drug-likeness (QED) is 0.762. The van der Waals surface area contributed by atoms with Crippen molar-refractivity contribution in [2.24, 2.45) is 0 Å². The molecule has 112 valence electrons. The molecule has 4 nitrogen and oxygen atoms in total. The zero-order chi connectivity index (χ0) is 14.8. The fourth-order valence-corrected chi connectivity index (χ4v) is 2.24. The highest BCUT2D eigenvalue weighted by Crippen LogP contribution is 2.01. The highest BCUT2D eigenvalue weighted by Gasteiger charge is 2.06. The standard InChI is InChI=1S/C17H24N4/c1-18-12-15-21(13-8-16-6-2-4-10-19-16)14-9-17-7-3-5-11-20-17/h2-7,10-11,18H,8-9,12-15H2,1H3. The van der Waals surface area contributed by atoms with Crippen LogP contribution in [0.5, 0.6) is 0 Å². The van der Waals surface area contributed by atoms with Crippen molar-refractivity contribution in [3.8, 4) is 0 Å². The summed E-state index contributed by atoms with van der Waals surface area (Å²) in [5.74, 6) is 0. The van der Waals surface area contributed by atoms with Gasteiger partial charge in [-0.25, -0.2) is 0 Å². The molecule has 0 unspecified atom stereocenters. The molecule has 0 aliphatic heterocycles. The molecule has 0 aliphatic rings. The lowest BCUT2D eigenvalue weighted by Gasteiger charge is -2.21. The van der Waals surface area contributed by atoms with E-state index in [0.29, 0.717) is 0 Å². The molecular formula is C17H24N4. The third-order valence-corrected chi connectivity index (χ3v) is 3.50. The van der Waals surface area contributed by atoms with Gasteiger partial charge < -0.3 is 10.2 Å². The molecule has 0 fully saturated rings. The first-order chi connectivity index (χ1) is 10.4. The number of hydrogen-bond donors (Lipinski definition) is 1. The maximum atomic E-state index is 4.39. The Balaban J connectivity index is 1.82. The van der Waals surface area contributed by atoms with Crippen LogP contribution in [0.2, 0.25) is 0 Å². The van der Waals surface area contributed by atoms with Crippen molar-refractivity contribution in [3.05, 3.63) is 60.2 Å². The molecule has 0 spiro atoms. The summed E-state index contributed by atoms with van der Waals surface area (Å²) < 4.78 is 0. The van der Waals surface area contributed by atoms with E-state index in [-0.39, 0.29) is 0 Å². The topological polar surface area (TPSA) is 41.0 Å². The number of likely N-dealkylation sites (N-methyl/N-ethyl adjacent to an activating group) is 1. The molecule has 1 N–H and O–H groups in total. The van der Waals surface area contributed by atoms with Gasteiger partial charge in [0.2, 0.25) is 0 Å². The lowest BCUT2D eigenvalue weighted by molar-refractivity contribution is 0.280. The Hall–Kier alpha value is -1.78. The normalized spacial score (nSPS) is 11.0. The van der Waals surface area contributed by atoms with E-state index in [4.69, 9.17) is 0 Å². The van der Waals surface area contributed by atoms with Crippen LogP contribution in [0.1, 0.15) is 11.4 Å². The molecule has 21 heavy (non-hydrogen) atoms. The van der Waals surface area contributed by atoms with E-state index in [1.807, 2.05) is 43.7 Å². The fourth-order valence-electron chi connectivity index (χ4n) is 2.24. The van der Waals surface area contributed by atoms with Gasteiger partial charge in [-0.05, 0) is 31.3 Å². The van der Waals surface area contributed by atoms with Crippen LogP contribution < -0.4 is 5.32 Å². The van der Waals surface area contributed by atoms with Crippen LogP contribution in [0.15, 0.2) is 48.8 Å². The molecule has 2 heterocycles. The van der Waals surface area contributed by atoms with E-state index >= 15 is 0 Å². The predicted molar refractivity (Wildman–Crippen MR) is 86.2 cm³/mol. The number of aromatic nitrogens is 2. The van der Waals surface area contributed by atoms with Crippen LogP contribution in [-0.2, 0) is 12.8 Å². The summed E-state index contributed by atoms with van der Waals surface area (Å²) in [5.41, 5.74) is 2.31. The van der Waals surface area contributed by atoms with Gasteiger partial charge in [-0.1, -0.05) is 12.1 Å². The van der Waals surface area contributed by atoms with E-state index in [9.17, 15) is 0 Å². The molecule has 0 aliphatic carbocycles. The van der Waals surface area contributed by atoms with Gasteiger partial charge in [-0.15, -0.1) is 0 Å². The number of nitrogens with one attached hydrogen (secondary N) is 1. The van der Waals surface area contributed by atoms with Crippen molar-refractivity contribution < 1.29 is 0 Å². The second-order valence-electron chi connectivity index (χ2n) is 5.09. The summed E-state index contributed by atoms with van der Waals surface area (Å²) in [6, 6.07) is 12.2. The Morgan fingerprint density at radius 1 is 0.857 bits per heavy atom. The van der Waals surface area contributed by atoms with Crippen LogP contribution in [0.4, 0.5) is 0 Å². The Kier molecular flexibility index (Phi) is 6.84. The third-order valence-electron chi connectivity index (χ3n) is 3.50. The van der Waals surface area contributed by atoms with Gasteiger partial charge in [0.1, 0.15) is 0 Å². The number of hydrogen-bond acceptors (Lipinski definition) is 4. The van der Waals surface area contributed by atoms with Crippen molar-refractivity contribution in [3.63, 3.8) is 0 Å². The molecule has 2 rings (SSSR count). The Morgan fingerprint density at radius 2 is 1.43 bits per heavy atom. The highest BCUT2D eigenvalue weighted by molar-refractivity contribution is 5.05. The van der Waals surface area contributed by atoms with Crippen LogP contribution in [0, 0.1) is 0 Å². The first-order valence-corrected chi connectivity index (χ1v) is 7.55. The first kappa shape index (κ1) is 15.6. The molecule has 2 aromatic rings. The molecule has 0 aromatic carbocycles. The molecule has 0 bridgehead atoms. The smallest absolute Gasteiger partial charge is 0.0416 e. The fraction of sp³-hybridized carbons (Fsp3) is 0.412. The van der Waals surface area contributed by atoms with E-state index < -0.39 is 0 Å². The van der Waals surface area contributed by atoms with E-state index in [1.54, 1.807) is 0 Å². The Labute approximate surface area is 127 Å². The zero-order valence-electron chi connectivity index (χ0n) is 12.7. The molecule has 0 saturated carbocycles. The van der Waals surface area contributed by atoms with Gasteiger partial charge in [0.15, 0.2) is 0 Å². The lowest BCUT2D eigenvalue weighted by Crippen LogP contribution is -2.34. The van der Waals surface area contributed by atoms with Crippen molar-refractivity contribution in [2.45, 2.75) is 12.8 Å². The molecule has 4 heteroatoms. The Bertz CT molecular complexity index is 443. The predicted octanol–water partition coefficient (Wildman–Crippen LogP) is 1.78. The summed E-state index contributed by atoms with van der Waals surface area (Å²) in [4.78, 5) is 11.3. The van der Waals surface area contributed by atoms with Gasteiger partial charge in [0.05, 0.1) is 0 Å². The minimum absolute atomic E-state index is 0.993. The van der Waals surface area contributed by atoms with Crippen molar-refractivity contribution in [1.29, 1.82) is 0 Å². The van der Waals surface area contributed by atoms with Gasteiger partial charge >= 0.3 is 0 Å². The van der Waals surface area contributed by atoms with Gasteiger partial charge in [0.25, 0.3) is 0 Å². The van der Waals surface area contributed by atoms with Gasteiger partial charge in [0, 0.05) is 62.8 Å². The van der Waals surface area contributed by atoms with Gasteiger partial charge in [-0.2, -0.15) is 0 Å². The number of rotatable bonds is 9. The van der Waals surface area contributed by atoms with E-state index in [0.717, 1.165) is 50.4 Å². The van der Waals surface area contributed by atoms with E-state index in [2.05, 4.69) is 32.3 Å². The monoisotopic (exact) mass is 284 g/mol. The summed E-state index contributed by atoms with van der Waals surface area (Å²) >= 11 is 0. The van der Waals surface area contributed by atoms with Crippen LogP contribution >= 0.6 is 0 Å². The lowest BCUT2D eigenvalue weighted by atomic mass is 10.2. The summed E-state index contributed by atoms with van der Waals surface area (Å²) in [7, 11) is 2.00. The summed E-state index contributed by atoms with van der Waals surface area (Å²) in [5, 5.41) is 3.22. The largest absolute Gasteiger partial charge is 0.318 e. The first-order valence-electron chi connectivity index (χ1n) is 7.55. The third kappa shape index (κ3) is 6.02. The summed E-state index contributed by atoms with van der Waals surface area (Å²) in [6.45, 7) is 4.12. The molecule has 0 atom stereocenters. The maximum Gasteiger partial charge on any atom is 0.0416 e. The highest BCUT2D eigenvalue weighted by atomic mass is 15.1. The average Bonchev–Trinajstić information content (AvgIpc) is 2.56.